The van der Waals surface area contributed by atoms with Crippen LogP contribution in [0.3, 0.4) is 0 Å². The molecule has 6 nitrogen and oxygen atoms in total. The quantitative estimate of drug-likeness (QED) is 0.642. The van der Waals surface area contributed by atoms with Crippen LogP contribution in [0.25, 0.3) is 10.2 Å². The molecule has 3 aromatic rings. The highest BCUT2D eigenvalue weighted by molar-refractivity contribution is 7.18. The van der Waals surface area contributed by atoms with E-state index < -0.39 is 18.0 Å². The predicted octanol–water partition coefficient (Wildman–Crippen LogP) is 3.60. The van der Waals surface area contributed by atoms with E-state index >= 15 is 0 Å². The van der Waals surface area contributed by atoms with E-state index in [4.69, 9.17) is 0 Å². The minimum Gasteiger partial charge on any atom is -0.370 e. The van der Waals surface area contributed by atoms with Crippen LogP contribution >= 0.6 is 11.3 Å². The second-order valence-electron chi connectivity index (χ2n) is 5.75. The van der Waals surface area contributed by atoms with Gasteiger partial charge in [-0.2, -0.15) is 0 Å². The number of nitrogens with one attached hydrogen (secondary N) is 3. The van der Waals surface area contributed by atoms with E-state index in [1.165, 1.54) is 0 Å². The highest BCUT2D eigenvalue weighted by Crippen LogP contribution is 2.27. The number of anilines is 1. The van der Waals surface area contributed by atoms with Gasteiger partial charge in [0, 0.05) is 12.2 Å². The smallest absolute Gasteiger partial charge is 0.321 e. The Morgan fingerprint density at radius 1 is 1.15 bits per heavy atom. The Labute approximate surface area is 155 Å². The van der Waals surface area contributed by atoms with Gasteiger partial charge in [0.15, 0.2) is 0 Å². The summed E-state index contributed by atoms with van der Waals surface area (Å²) in [5.74, 6) is -0.414. The lowest BCUT2D eigenvalue weighted by molar-refractivity contribution is -0.120. The molecule has 3 amide bonds. The molecule has 0 radical (unpaired) electrons. The number of aryl methyl sites for hydroxylation is 1. The van der Waals surface area contributed by atoms with Crippen LogP contribution in [0.15, 0.2) is 48.5 Å². The van der Waals surface area contributed by atoms with Crippen molar-refractivity contribution in [3.05, 3.63) is 59.1 Å². The number of aromatic nitrogens is 1. The number of benzene rings is 2. The van der Waals surface area contributed by atoms with Crippen molar-refractivity contribution in [2.45, 2.75) is 19.9 Å². The fourth-order valence-corrected chi connectivity index (χ4v) is 3.50. The van der Waals surface area contributed by atoms with E-state index in [0.717, 1.165) is 26.5 Å². The largest absolute Gasteiger partial charge is 0.370 e. The molecule has 134 valence electrons. The second-order valence-corrected chi connectivity index (χ2v) is 6.99. The van der Waals surface area contributed by atoms with Gasteiger partial charge >= 0.3 is 6.03 Å². The summed E-state index contributed by atoms with van der Waals surface area (Å²) in [6, 6.07) is 13.9. The molecular weight excluding hydrogens is 348 g/mol. The Hall–Kier alpha value is -2.93. The molecule has 0 aliphatic heterocycles. The molecule has 2 aromatic carbocycles. The normalized spacial score (nSPS) is 11.8. The molecule has 0 unspecified atom stereocenters. The Kier molecular flexibility index (Phi) is 5.48. The molecule has 0 aliphatic rings. The van der Waals surface area contributed by atoms with Crippen LogP contribution in [0, 0.1) is 6.92 Å². The first kappa shape index (κ1) is 17.9. The Bertz CT molecular complexity index is 924. The number of nitrogens with zero attached hydrogens (tertiary/aromatic N) is 1. The lowest BCUT2D eigenvalue weighted by Gasteiger charge is -2.19. The van der Waals surface area contributed by atoms with Gasteiger partial charge in [-0.15, -0.1) is 11.3 Å². The second kappa shape index (κ2) is 7.97. The number of carbonyl (C=O) groups excluding carboxylic acids is 2. The van der Waals surface area contributed by atoms with E-state index in [1.807, 2.05) is 55.5 Å². The summed E-state index contributed by atoms with van der Waals surface area (Å²) in [5.41, 5.74) is 2.50. The molecule has 1 aromatic heterocycles. The molecule has 1 heterocycles. The van der Waals surface area contributed by atoms with Gasteiger partial charge in [0.2, 0.25) is 0 Å². The van der Waals surface area contributed by atoms with E-state index in [2.05, 4.69) is 20.9 Å². The third-order valence-corrected chi connectivity index (χ3v) is 4.71. The third-order valence-electron chi connectivity index (χ3n) is 3.78. The topological polar surface area (TPSA) is 83.1 Å². The number of urea groups is 1. The Morgan fingerprint density at radius 3 is 2.65 bits per heavy atom. The Balaban J connectivity index is 1.86. The molecule has 0 saturated carbocycles. The van der Waals surface area contributed by atoms with Gasteiger partial charge in [-0.25, -0.2) is 9.78 Å². The number of carbonyl (C=O) groups is 2. The maximum absolute atomic E-state index is 12.7. The van der Waals surface area contributed by atoms with Crippen molar-refractivity contribution in [2.24, 2.45) is 0 Å². The molecule has 0 saturated heterocycles. The molecule has 0 bridgehead atoms. The van der Waals surface area contributed by atoms with Crippen molar-refractivity contribution in [3.63, 3.8) is 0 Å². The zero-order valence-corrected chi connectivity index (χ0v) is 15.4. The highest BCUT2D eigenvalue weighted by atomic mass is 32.1. The molecule has 0 aliphatic carbocycles. The van der Waals surface area contributed by atoms with Gasteiger partial charge in [0.25, 0.3) is 5.91 Å². The first-order valence-corrected chi connectivity index (χ1v) is 9.16. The lowest BCUT2D eigenvalue weighted by atomic mass is 10.1. The van der Waals surface area contributed by atoms with Crippen molar-refractivity contribution in [3.8, 4) is 0 Å². The number of hydrogen-bond acceptors (Lipinski definition) is 5. The van der Waals surface area contributed by atoms with E-state index in [1.54, 1.807) is 18.3 Å². The zero-order chi connectivity index (χ0) is 18.5. The summed E-state index contributed by atoms with van der Waals surface area (Å²) in [5, 5.41) is 9.17. The summed E-state index contributed by atoms with van der Waals surface area (Å²) in [4.78, 5) is 28.8. The zero-order valence-electron chi connectivity index (χ0n) is 14.6. The van der Waals surface area contributed by atoms with Gasteiger partial charge in [0.05, 0.1) is 15.2 Å². The van der Waals surface area contributed by atoms with Gasteiger partial charge in [0.1, 0.15) is 6.04 Å². The van der Waals surface area contributed by atoms with Gasteiger partial charge < -0.3 is 10.6 Å². The summed E-state index contributed by atoms with van der Waals surface area (Å²) >= 11 is 1.60. The monoisotopic (exact) mass is 368 g/mol. The van der Waals surface area contributed by atoms with Gasteiger partial charge in [-0.05, 0) is 37.6 Å². The van der Waals surface area contributed by atoms with Crippen molar-refractivity contribution in [1.82, 2.24) is 15.6 Å². The van der Waals surface area contributed by atoms with Gasteiger partial charge in [-0.1, -0.05) is 30.3 Å². The number of imide groups is 1. The summed E-state index contributed by atoms with van der Waals surface area (Å²) < 4.78 is 1.04. The maximum Gasteiger partial charge on any atom is 0.321 e. The molecule has 1 atom stereocenters. The van der Waals surface area contributed by atoms with Crippen LogP contribution in [0.1, 0.15) is 23.5 Å². The van der Waals surface area contributed by atoms with E-state index in [0.29, 0.717) is 6.54 Å². The number of amides is 3. The van der Waals surface area contributed by atoms with Gasteiger partial charge in [-0.3, -0.25) is 10.1 Å². The highest BCUT2D eigenvalue weighted by Gasteiger charge is 2.22. The summed E-state index contributed by atoms with van der Waals surface area (Å²) in [6.07, 6.45) is 0. The number of rotatable bonds is 5. The Morgan fingerprint density at radius 2 is 1.92 bits per heavy atom. The average molecular weight is 368 g/mol. The number of fused-ring (bicyclic) bond motifs is 1. The van der Waals surface area contributed by atoms with Crippen LogP contribution in [0.4, 0.5) is 10.5 Å². The van der Waals surface area contributed by atoms with Crippen molar-refractivity contribution >= 4 is 39.2 Å². The fraction of sp³-hybridized carbons (Fsp3) is 0.211. The molecule has 3 rings (SSSR count). The number of thiazole rings is 1. The van der Waals surface area contributed by atoms with Crippen molar-refractivity contribution in [1.29, 1.82) is 0 Å². The lowest BCUT2D eigenvalue weighted by Crippen LogP contribution is -2.43. The van der Waals surface area contributed by atoms with E-state index in [-0.39, 0.29) is 0 Å². The molecule has 0 fully saturated rings. The van der Waals surface area contributed by atoms with Crippen LogP contribution < -0.4 is 16.0 Å². The number of hydrogen-bond donors (Lipinski definition) is 3. The van der Waals surface area contributed by atoms with Crippen molar-refractivity contribution < 1.29 is 9.59 Å². The molecule has 3 N–H and O–H groups in total. The SMILES string of the molecule is CCNC(=O)NC(=O)[C@@H](Nc1ccc2nc(C)sc2c1)c1ccccc1. The minimum atomic E-state index is -0.690. The molecule has 7 heteroatoms. The van der Waals surface area contributed by atoms with Crippen LogP contribution in [-0.2, 0) is 4.79 Å². The molecule has 26 heavy (non-hydrogen) atoms. The standard InChI is InChI=1S/C19H20N4O2S/c1-3-20-19(25)23-18(24)17(13-7-5-4-6-8-13)22-14-9-10-15-16(11-14)26-12(2)21-15/h4-11,17,22H,3H2,1-2H3,(H2,20,23,24,25)/t17-/m0/s1. The van der Waals surface area contributed by atoms with Crippen LogP contribution in [-0.4, -0.2) is 23.5 Å². The summed E-state index contributed by atoms with van der Waals surface area (Å²) in [7, 11) is 0. The maximum atomic E-state index is 12.7. The first-order chi connectivity index (χ1) is 12.6. The predicted molar refractivity (Wildman–Crippen MR) is 104 cm³/mol. The average Bonchev–Trinajstić information content (AvgIpc) is 2.99. The first-order valence-electron chi connectivity index (χ1n) is 8.34. The molecule has 0 spiro atoms. The summed E-state index contributed by atoms with van der Waals surface area (Å²) in [6.45, 7) is 4.21. The van der Waals surface area contributed by atoms with E-state index in [9.17, 15) is 9.59 Å². The third kappa shape index (κ3) is 4.18. The molecular formula is C19H20N4O2S. The fourth-order valence-electron chi connectivity index (χ4n) is 2.63. The van der Waals surface area contributed by atoms with Crippen LogP contribution in [0.2, 0.25) is 0 Å². The minimum absolute atomic E-state index is 0.414. The van der Waals surface area contributed by atoms with Crippen molar-refractivity contribution in [2.75, 3.05) is 11.9 Å². The van der Waals surface area contributed by atoms with Crippen LogP contribution in [0.5, 0.6) is 0 Å².